The van der Waals surface area contributed by atoms with Crippen LogP contribution in [0.15, 0.2) is 29.6 Å². The van der Waals surface area contributed by atoms with Gasteiger partial charge < -0.3 is 0 Å². The van der Waals surface area contributed by atoms with Gasteiger partial charge in [-0.2, -0.15) is 0 Å². The van der Waals surface area contributed by atoms with Gasteiger partial charge in [-0.3, -0.25) is 4.39 Å². The molecule has 0 saturated heterocycles. The number of hydrogen-bond acceptors (Lipinski definition) is 1. The van der Waals surface area contributed by atoms with E-state index in [2.05, 4.69) is 43.5 Å². The molecule has 0 fully saturated rings. The van der Waals surface area contributed by atoms with Crippen LogP contribution in [0, 0.1) is 5.92 Å². The van der Waals surface area contributed by atoms with Gasteiger partial charge in [0.25, 0.3) is 0 Å². The van der Waals surface area contributed by atoms with Crippen LogP contribution in [0.1, 0.15) is 19.4 Å². The maximum Gasteiger partial charge on any atom is 0.0785 e. The van der Waals surface area contributed by atoms with Gasteiger partial charge in [0.05, 0.1) is 7.18 Å². The number of alkyl halides is 1. The molecule has 1 aromatic carbocycles. The highest BCUT2D eigenvalue weighted by molar-refractivity contribution is 7.17. The summed E-state index contributed by atoms with van der Waals surface area (Å²) in [4.78, 5) is 0. The van der Waals surface area contributed by atoms with Crippen molar-refractivity contribution in [3.05, 3.63) is 35.2 Å². The molecule has 0 aliphatic carbocycles. The van der Waals surface area contributed by atoms with Crippen LogP contribution in [-0.4, -0.2) is 7.18 Å². The minimum absolute atomic E-state index is 0.500. The molecular weight excluding hydrogens is 207 g/mol. The number of fused-ring (bicyclic) bond motifs is 1. The Morgan fingerprint density at radius 2 is 1.93 bits per heavy atom. The van der Waals surface area contributed by atoms with E-state index in [4.69, 9.17) is 0 Å². The predicted octanol–water partition coefficient (Wildman–Crippen LogP) is 4.69. The third kappa shape index (κ3) is 3.31. The van der Waals surface area contributed by atoms with Crippen LogP contribution in [0.2, 0.25) is 0 Å². The highest BCUT2D eigenvalue weighted by Gasteiger charge is 1.99. The Labute approximate surface area is 94.7 Å². The quantitative estimate of drug-likeness (QED) is 0.694. The molecule has 15 heavy (non-hydrogen) atoms. The molecule has 0 radical (unpaired) electrons. The van der Waals surface area contributed by atoms with E-state index in [0.717, 1.165) is 5.92 Å². The van der Waals surface area contributed by atoms with Crippen LogP contribution < -0.4 is 0 Å². The number of halogens is 1. The second-order valence-corrected chi connectivity index (χ2v) is 4.84. The average molecular weight is 224 g/mol. The van der Waals surface area contributed by atoms with E-state index in [-0.39, 0.29) is 0 Å². The Bertz CT molecular complexity index is 404. The van der Waals surface area contributed by atoms with E-state index < -0.39 is 0 Å². The van der Waals surface area contributed by atoms with Crippen molar-refractivity contribution in [1.82, 2.24) is 0 Å². The Morgan fingerprint density at radius 1 is 1.20 bits per heavy atom. The fraction of sp³-hybridized carbons (Fsp3) is 0.385. The third-order valence-electron chi connectivity index (χ3n) is 2.16. The molecule has 2 heteroatoms. The van der Waals surface area contributed by atoms with Gasteiger partial charge >= 0.3 is 0 Å². The molecule has 0 aliphatic heterocycles. The van der Waals surface area contributed by atoms with Gasteiger partial charge in [0.1, 0.15) is 0 Å². The highest BCUT2D eigenvalue weighted by atomic mass is 32.1. The van der Waals surface area contributed by atoms with E-state index >= 15 is 0 Å². The topological polar surface area (TPSA) is 0 Å². The summed E-state index contributed by atoms with van der Waals surface area (Å²) < 4.78 is 10.9. The van der Waals surface area contributed by atoms with Crippen molar-refractivity contribution in [2.45, 2.75) is 20.3 Å². The maximum atomic E-state index is 9.50. The molecule has 0 atom stereocenters. The zero-order chi connectivity index (χ0) is 11.3. The second-order valence-electron chi connectivity index (χ2n) is 3.89. The number of thiophene rings is 1. The van der Waals surface area contributed by atoms with E-state index in [1.807, 2.05) is 11.3 Å². The van der Waals surface area contributed by atoms with Crippen molar-refractivity contribution in [2.24, 2.45) is 5.92 Å². The Balaban J connectivity index is 0.000000531. The van der Waals surface area contributed by atoms with Crippen LogP contribution in [0.5, 0.6) is 0 Å². The minimum atomic E-state index is 0.500. The van der Waals surface area contributed by atoms with Gasteiger partial charge in [-0.25, -0.2) is 0 Å². The smallest absolute Gasteiger partial charge is 0.0785 e. The van der Waals surface area contributed by atoms with Crippen molar-refractivity contribution in [2.75, 3.05) is 7.18 Å². The van der Waals surface area contributed by atoms with Gasteiger partial charge in [0, 0.05) is 4.70 Å². The lowest BCUT2D eigenvalue weighted by atomic mass is 10.0. The molecule has 2 rings (SSSR count). The Hall–Kier alpha value is -0.890. The summed E-state index contributed by atoms with van der Waals surface area (Å²) in [6.45, 7) is 4.53. The fourth-order valence-corrected chi connectivity index (χ4v) is 2.45. The molecule has 1 heterocycles. The normalized spacial score (nSPS) is 10.2. The summed E-state index contributed by atoms with van der Waals surface area (Å²) in [5.74, 6) is 0.748. The zero-order valence-corrected chi connectivity index (χ0v) is 10.3. The largest absolute Gasteiger partial charge is 0.255 e. The number of benzene rings is 1. The van der Waals surface area contributed by atoms with Crippen molar-refractivity contribution in [1.29, 1.82) is 0 Å². The molecule has 0 bridgehead atoms. The molecule has 0 spiro atoms. The molecule has 0 saturated carbocycles. The molecule has 2 aromatic rings. The van der Waals surface area contributed by atoms with Gasteiger partial charge in [-0.05, 0) is 40.8 Å². The summed E-state index contributed by atoms with van der Waals surface area (Å²) in [5, 5.41) is 3.53. The standard InChI is InChI=1S/C12H14S.CH3F/c1-9(2)7-10-3-4-11-5-6-13-12(11)8-10;1-2/h3-6,8-9H,7H2,1-2H3;1H3. The zero-order valence-electron chi connectivity index (χ0n) is 9.46. The van der Waals surface area contributed by atoms with E-state index in [1.54, 1.807) is 0 Å². The van der Waals surface area contributed by atoms with Crippen molar-refractivity contribution >= 4 is 21.4 Å². The monoisotopic (exact) mass is 224 g/mol. The SMILES string of the molecule is CC(C)Cc1ccc2ccsc2c1.CF. The molecule has 1 aromatic heterocycles. The fourth-order valence-electron chi connectivity index (χ4n) is 1.60. The molecule has 0 aliphatic rings. The van der Waals surface area contributed by atoms with E-state index in [1.165, 1.54) is 22.1 Å². The summed E-state index contributed by atoms with van der Waals surface area (Å²) in [6, 6.07) is 8.97. The highest BCUT2D eigenvalue weighted by Crippen LogP contribution is 2.22. The first-order chi connectivity index (χ1) is 7.25. The average Bonchev–Trinajstić information content (AvgIpc) is 2.67. The van der Waals surface area contributed by atoms with Gasteiger partial charge in [-0.1, -0.05) is 26.0 Å². The Kier molecular flexibility index (Phi) is 4.76. The van der Waals surface area contributed by atoms with Crippen molar-refractivity contribution in [3.8, 4) is 0 Å². The lowest BCUT2D eigenvalue weighted by Crippen LogP contribution is -1.92. The number of hydrogen-bond donors (Lipinski definition) is 0. The first kappa shape index (κ1) is 12.2. The van der Waals surface area contributed by atoms with Crippen molar-refractivity contribution in [3.63, 3.8) is 0 Å². The summed E-state index contributed by atoms with van der Waals surface area (Å²) in [7, 11) is 0.500. The molecule has 0 nitrogen and oxygen atoms in total. The minimum Gasteiger partial charge on any atom is -0.255 e. The maximum absolute atomic E-state index is 9.50. The van der Waals surface area contributed by atoms with Gasteiger partial charge in [-0.15, -0.1) is 11.3 Å². The molecule has 0 amide bonds. The molecule has 0 unspecified atom stereocenters. The number of rotatable bonds is 2. The van der Waals surface area contributed by atoms with Crippen LogP contribution in [-0.2, 0) is 6.42 Å². The lowest BCUT2D eigenvalue weighted by Gasteiger charge is -2.04. The molecular formula is C13H17FS. The van der Waals surface area contributed by atoms with Gasteiger partial charge in [0.2, 0.25) is 0 Å². The molecule has 0 N–H and O–H groups in total. The van der Waals surface area contributed by atoms with E-state index in [9.17, 15) is 4.39 Å². The Morgan fingerprint density at radius 3 is 2.60 bits per heavy atom. The van der Waals surface area contributed by atoms with Crippen LogP contribution >= 0.6 is 11.3 Å². The first-order valence-electron chi connectivity index (χ1n) is 5.09. The predicted molar refractivity (Wildman–Crippen MR) is 67.4 cm³/mol. The van der Waals surface area contributed by atoms with Crippen LogP contribution in [0.25, 0.3) is 10.1 Å². The van der Waals surface area contributed by atoms with Gasteiger partial charge in [0.15, 0.2) is 0 Å². The first-order valence-corrected chi connectivity index (χ1v) is 5.97. The third-order valence-corrected chi connectivity index (χ3v) is 3.04. The van der Waals surface area contributed by atoms with Crippen molar-refractivity contribution < 1.29 is 4.39 Å². The second kappa shape index (κ2) is 5.86. The summed E-state index contributed by atoms with van der Waals surface area (Å²) >= 11 is 1.83. The summed E-state index contributed by atoms with van der Waals surface area (Å²) in [6.07, 6.45) is 1.19. The lowest BCUT2D eigenvalue weighted by molar-refractivity contribution is 0.636. The van der Waals surface area contributed by atoms with Crippen LogP contribution in [0.3, 0.4) is 0 Å². The molecule has 82 valence electrons. The van der Waals surface area contributed by atoms with Crippen LogP contribution in [0.4, 0.5) is 4.39 Å². The van der Waals surface area contributed by atoms with E-state index in [0.29, 0.717) is 7.18 Å². The summed E-state index contributed by atoms with van der Waals surface area (Å²) in [5.41, 5.74) is 1.46.